The zero-order chi connectivity index (χ0) is 38.1. The van der Waals surface area contributed by atoms with Gasteiger partial charge in [-0.25, -0.2) is 14.4 Å². The third-order valence-corrected chi connectivity index (χ3v) is 8.39. The highest BCUT2D eigenvalue weighted by molar-refractivity contribution is 5.89. The molecule has 0 aromatic heterocycles. The molecule has 0 spiro atoms. The Balaban J connectivity index is 1.40. The van der Waals surface area contributed by atoms with E-state index in [-0.39, 0.29) is 26.4 Å². The average Bonchev–Trinajstić information content (AvgIpc) is 3.21. The van der Waals surface area contributed by atoms with Crippen molar-refractivity contribution in [3.8, 4) is 0 Å². The number of nitrogens with one attached hydrogen (secondary N) is 2. The van der Waals surface area contributed by atoms with Crippen LogP contribution in [0.3, 0.4) is 0 Å². The molecule has 1 saturated heterocycles. The van der Waals surface area contributed by atoms with E-state index in [0.717, 1.165) is 16.7 Å². The largest absolute Gasteiger partial charge is 0.467 e. The molecular formula is C41H44N2O11. The lowest BCUT2D eigenvalue weighted by Gasteiger charge is -2.46. The van der Waals surface area contributed by atoms with Crippen LogP contribution < -0.4 is 10.6 Å². The van der Waals surface area contributed by atoms with E-state index >= 15 is 0 Å². The van der Waals surface area contributed by atoms with Crippen molar-refractivity contribution < 1.29 is 52.3 Å². The number of amides is 2. The molecule has 5 rings (SSSR count). The second kappa shape index (κ2) is 20.6. The Morgan fingerprint density at radius 3 is 1.72 bits per heavy atom. The maximum atomic E-state index is 13.1. The van der Waals surface area contributed by atoms with E-state index in [1.54, 1.807) is 54.6 Å². The molecule has 0 aliphatic carbocycles. The fraction of sp³-hybridized carbons (Fsp3) is 0.317. The predicted molar refractivity (Wildman–Crippen MR) is 195 cm³/mol. The van der Waals surface area contributed by atoms with Gasteiger partial charge in [0.1, 0.15) is 37.6 Å². The van der Waals surface area contributed by atoms with Crippen LogP contribution in [0.4, 0.5) is 4.79 Å². The minimum Gasteiger partial charge on any atom is -0.467 e. The minimum atomic E-state index is -1.33. The second-order valence-corrected chi connectivity index (χ2v) is 12.4. The molecule has 1 fully saturated rings. The summed E-state index contributed by atoms with van der Waals surface area (Å²) in [5.74, 6) is -1.82. The van der Waals surface area contributed by atoms with Crippen LogP contribution in [-0.2, 0) is 62.6 Å². The summed E-state index contributed by atoms with van der Waals surface area (Å²) in [6.07, 6.45) is -5.00. The molecule has 54 heavy (non-hydrogen) atoms. The van der Waals surface area contributed by atoms with Crippen molar-refractivity contribution >= 4 is 23.9 Å². The molecule has 1 aliphatic heterocycles. The quantitative estimate of drug-likeness (QED) is 0.114. The Bertz CT molecular complexity index is 1760. The SMILES string of the molecule is COC(=O)[C@@H](CO[C@H]1O[C@H](COC(=O)c2ccccc2)[C@@H](OCc2ccccc2)[C@H](OCc2ccccc2)[C@@H]1NC(C)=O)NC(=O)OCc1ccccc1. The number of hydrogen-bond donors (Lipinski definition) is 2. The van der Waals surface area contributed by atoms with Gasteiger partial charge in [0.2, 0.25) is 5.91 Å². The Morgan fingerprint density at radius 2 is 1.19 bits per heavy atom. The van der Waals surface area contributed by atoms with Gasteiger partial charge in [-0.1, -0.05) is 109 Å². The van der Waals surface area contributed by atoms with Crippen molar-refractivity contribution in [2.24, 2.45) is 0 Å². The van der Waals surface area contributed by atoms with Gasteiger partial charge < -0.3 is 43.8 Å². The highest BCUT2D eigenvalue weighted by Crippen LogP contribution is 2.29. The number of hydrogen-bond acceptors (Lipinski definition) is 11. The second-order valence-electron chi connectivity index (χ2n) is 12.4. The fourth-order valence-electron chi connectivity index (χ4n) is 5.73. The van der Waals surface area contributed by atoms with Crippen molar-refractivity contribution in [3.63, 3.8) is 0 Å². The summed E-state index contributed by atoms with van der Waals surface area (Å²) >= 11 is 0. The Kier molecular flexibility index (Phi) is 15.1. The van der Waals surface area contributed by atoms with Gasteiger partial charge >= 0.3 is 18.0 Å². The van der Waals surface area contributed by atoms with Crippen molar-refractivity contribution in [3.05, 3.63) is 144 Å². The monoisotopic (exact) mass is 740 g/mol. The Labute approximate surface area is 313 Å². The zero-order valence-electron chi connectivity index (χ0n) is 30.0. The minimum absolute atomic E-state index is 0.0358. The summed E-state index contributed by atoms with van der Waals surface area (Å²) in [5, 5.41) is 5.35. The summed E-state index contributed by atoms with van der Waals surface area (Å²) in [5.41, 5.74) is 2.79. The van der Waals surface area contributed by atoms with Gasteiger partial charge in [-0.3, -0.25) is 4.79 Å². The zero-order valence-corrected chi connectivity index (χ0v) is 30.0. The van der Waals surface area contributed by atoms with Gasteiger partial charge in [0.05, 0.1) is 32.5 Å². The van der Waals surface area contributed by atoms with Crippen LogP contribution in [-0.4, -0.2) is 80.9 Å². The smallest absolute Gasteiger partial charge is 0.408 e. The first-order valence-electron chi connectivity index (χ1n) is 17.4. The summed E-state index contributed by atoms with van der Waals surface area (Å²) in [6.45, 7) is 0.823. The Hall–Kier alpha value is -5.60. The number of carbonyl (C=O) groups is 4. The normalized spacial score (nSPS) is 19.9. The molecule has 13 nitrogen and oxygen atoms in total. The summed E-state index contributed by atoms with van der Waals surface area (Å²) in [4.78, 5) is 51.4. The van der Waals surface area contributed by atoms with E-state index in [2.05, 4.69) is 10.6 Å². The highest BCUT2D eigenvalue weighted by Gasteiger charge is 2.49. The van der Waals surface area contributed by atoms with Gasteiger partial charge in [0.15, 0.2) is 12.3 Å². The molecule has 0 radical (unpaired) electrons. The fourth-order valence-corrected chi connectivity index (χ4v) is 5.73. The first-order chi connectivity index (χ1) is 26.3. The first kappa shape index (κ1) is 39.6. The van der Waals surface area contributed by atoms with Crippen molar-refractivity contribution in [2.75, 3.05) is 20.3 Å². The van der Waals surface area contributed by atoms with Gasteiger partial charge in [-0.2, -0.15) is 0 Å². The molecule has 13 heteroatoms. The van der Waals surface area contributed by atoms with Crippen LogP contribution in [0, 0.1) is 0 Å². The van der Waals surface area contributed by atoms with Crippen molar-refractivity contribution in [2.45, 2.75) is 63.4 Å². The van der Waals surface area contributed by atoms with Crippen LogP contribution in [0.1, 0.15) is 34.0 Å². The topological polar surface area (TPSA) is 157 Å². The van der Waals surface area contributed by atoms with Crippen LogP contribution in [0.5, 0.6) is 0 Å². The molecule has 4 aromatic carbocycles. The molecule has 0 bridgehead atoms. The molecule has 1 heterocycles. The maximum absolute atomic E-state index is 13.1. The number of esters is 2. The lowest BCUT2D eigenvalue weighted by atomic mass is 9.95. The maximum Gasteiger partial charge on any atom is 0.408 e. The van der Waals surface area contributed by atoms with E-state index in [0.29, 0.717) is 5.56 Å². The average molecular weight is 741 g/mol. The number of carbonyl (C=O) groups excluding carboxylic acids is 4. The molecule has 6 atom stereocenters. The van der Waals surface area contributed by atoms with Crippen molar-refractivity contribution in [1.29, 1.82) is 0 Å². The third-order valence-electron chi connectivity index (χ3n) is 8.39. The lowest BCUT2D eigenvalue weighted by Crippen LogP contribution is -2.66. The number of ether oxygens (including phenoxy) is 7. The molecular weight excluding hydrogens is 696 g/mol. The standard InChI is InChI=1S/C41H44N2O11/c1-28(44)42-35-37(50-24-30-17-9-4-10-18-30)36(49-23-29-15-7-3-8-16-29)34(27-51-38(45)32-21-13-6-14-22-32)54-40(35)52-26-33(39(46)48-2)43-41(47)53-25-31-19-11-5-12-20-31/h3-22,33-37,40H,23-27H2,1-2H3,(H,42,44)(H,43,47)/t33-,34-,35+,36-,37-,40+/m1/s1. The molecule has 2 N–H and O–H groups in total. The van der Waals surface area contributed by atoms with Crippen LogP contribution >= 0.6 is 0 Å². The molecule has 0 saturated carbocycles. The summed E-state index contributed by atoms with van der Waals surface area (Å²) in [6, 6.07) is 34.0. The molecule has 284 valence electrons. The predicted octanol–water partition coefficient (Wildman–Crippen LogP) is 4.73. The summed E-state index contributed by atoms with van der Waals surface area (Å²) < 4.78 is 41.6. The molecule has 4 aromatic rings. The summed E-state index contributed by atoms with van der Waals surface area (Å²) in [7, 11) is 1.17. The number of benzene rings is 4. The third kappa shape index (κ3) is 12.0. The first-order valence-corrected chi connectivity index (χ1v) is 17.4. The molecule has 2 amide bonds. The van der Waals surface area contributed by atoms with E-state index in [9.17, 15) is 19.2 Å². The molecule has 0 unspecified atom stereocenters. The van der Waals surface area contributed by atoms with Crippen LogP contribution in [0.15, 0.2) is 121 Å². The van der Waals surface area contributed by atoms with Gasteiger partial charge in [0.25, 0.3) is 0 Å². The van der Waals surface area contributed by atoms with E-state index < -0.39 is 67.2 Å². The van der Waals surface area contributed by atoms with E-state index in [4.69, 9.17) is 33.2 Å². The van der Waals surface area contributed by atoms with E-state index in [1.165, 1.54) is 14.0 Å². The number of methoxy groups -OCH3 is 1. The lowest BCUT2D eigenvalue weighted by molar-refractivity contribution is -0.288. The molecule has 1 aliphatic rings. The van der Waals surface area contributed by atoms with Gasteiger partial charge in [-0.15, -0.1) is 0 Å². The van der Waals surface area contributed by atoms with E-state index in [1.807, 2.05) is 66.7 Å². The van der Waals surface area contributed by atoms with Gasteiger partial charge in [0, 0.05) is 6.92 Å². The van der Waals surface area contributed by atoms with Crippen LogP contribution in [0.2, 0.25) is 0 Å². The van der Waals surface area contributed by atoms with Gasteiger partial charge in [-0.05, 0) is 28.8 Å². The number of rotatable bonds is 17. The number of alkyl carbamates (subject to hydrolysis) is 1. The highest BCUT2D eigenvalue weighted by atomic mass is 16.7. The van der Waals surface area contributed by atoms with Crippen molar-refractivity contribution in [1.82, 2.24) is 10.6 Å². The van der Waals surface area contributed by atoms with Crippen LogP contribution in [0.25, 0.3) is 0 Å². The Morgan fingerprint density at radius 1 is 0.667 bits per heavy atom.